The summed E-state index contributed by atoms with van der Waals surface area (Å²) in [5.41, 5.74) is 4.93. The van der Waals surface area contributed by atoms with E-state index < -0.39 is 0 Å². The van der Waals surface area contributed by atoms with Crippen molar-refractivity contribution in [3.05, 3.63) is 105 Å². The van der Waals surface area contributed by atoms with Gasteiger partial charge in [0.1, 0.15) is 0 Å². The molecule has 2 amide bonds. The van der Waals surface area contributed by atoms with Crippen LogP contribution in [-0.4, -0.2) is 16.8 Å². The number of nitrogens with zero attached hydrogens (tertiary/aromatic N) is 1. The number of thiazole rings is 1. The average molecular weight is 470 g/mol. The van der Waals surface area contributed by atoms with Gasteiger partial charge in [0.05, 0.1) is 34.4 Å². The van der Waals surface area contributed by atoms with Gasteiger partial charge >= 0.3 is 0 Å². The van der Waals surface area contributed by atoms with Gasteiger partial charge in [-0.1, -0.05) is 72.3 Å². The molecule has 3 aromatic carbocycles. The number of aryl methyl sites for hydroxylation is 2. The maximum atomic E-state index is 13.0. The Morgan fingerprint density at radius 2 is 1.59 bits per heavy atom. The molecule has 172 valence electrons. The van der Waals surface area contributed by atoms with E-state index in [-0.39, 0.29) is 24.3 Å². The molecule has 0 aliphatic rings. The molecule has 0 aliphatic carbocycles. The zero-order valence-electron chi connectivity index (χ0n) is 19.5. The predicted molar refractivity (Wildman–Crippen MR) is 138 cm³/mol. The minimum absolute atomic E-state index is 0.158. The summed E-state index contributed by atoms with van der Waals surface area (Å²) >= 11 is 1.52. The highest BCUT2D eigenvalue weighted by Crippen LogP contribution is 2.29. The van der Waals surface area contributed by atoms with Crippen LogP contribution in [0.15, 0.2) is 78.9 Å². The van der Waals surface area contributed by atoms with Crippen LogP contribution in [0.25, 0.3) is 11.3 Å². The van der Waals surface area contributed by atoms with Gasteiger partial charge in [-0.25, -0.2) is 4.98 Å². The first-order chi connectivity index (χ1) is 16.4. The van der Waals surface area contributed by atoms with E-state index in [0.717, 1.165) is 26.7 Å². The molecule has 2 N–H and O–H groups in total. The van der Waals surface area contributed by atoms with Gasteiger partial charge in [-0.2, -0.15) is 0 Å². The van der Waals surface area contributed by atoms with Crippen molar-refractivity contribution in [2.24, 2.45) is 0 Å². The van der Waals surface area contributed by atoms with Gasteiger partial charge < -0.3 is 10.6 Å². The molecule has 4 rings (SSSR count). The number of anilines is 1. The minimum atomic E-state index is -0.235. The number of para-hydroxylation sites is 1. The van der Waals surface area contributed by atoms with Gasteiger partial charge in [0.15, 0.2) is 0 Å². The summed E-state index contributed by atoms with van der Waals surface area (Å²) < 4.78 is 0. The number of aromatic nitrogens is 1. The molecule has 0 unspecified atom stereocenters. The molecule has 1 atom stereocenters. The number of amides is 2. The second-order valence-electron chi connectivity index (χ2n) is 8.25. The summed E-state index contributed by atoms with van der Waals surface area (Å²) in [6.07, 6.45) is 0.186. The Kier molecular flexibility index (Phi) is 7.18. The summed E-state index contributed by atoms with van der Waals surface area (Å²) in [4.78, 5) is 31.5. The van der Waals surface area contributed by atoms with Gasteiger partial charge in [0.2, 0.25) is 5.91 Å². The van der Waals surface area contributed by atoms with Gasteiger partial charge in [0, 0.05) is 10.4 Å². The second kappa shape index (κ2) is 10.4. The van der Waals surface area contributed by atoms with Crippen LogP contribution in [0, 0.1) is 13.8 Å². The largest absolute Gasteiger partial charge is 0.345 e. The van der Waals surface area contributed by atoms with Crippen LogP contribution in [0.5, 0.6) is 0 Å². The lowest BCUT2D eigenvalue weighted by atomic mass is 10.1. The molecule has 6 heteroatoms. The van der Waals surface area contributed by atoms with Crippen molar-refractivity contribution in [1.82, 2.24) is 10.3 Å². The number of hydrogen-bond donors (Lipinski definition) is 2. The highest BCUT2D eigenvalue weighted by atomic mass is 32.1. The Balaban J connectivity index is 1.49. The molecular formula is C28H27N3O2S. The first-order valence-electron chi connectivity index (χ1n) is 11.2. The maximum absolute atomic E-state index is 13.0. The molecule has 1 aromatic heterocycles. The zero-order chi connectivity index (χ0) is 24.1. The van der Waals surface area contributed by atoms with Crippen molar-refractivity contribution in [3.8, 4) is 11.3 Å². The molecule has 0 bridgehead atoms. The van der Waals surface area contributed by atoms with Crippen LogP contribution in [-0.2, 0) is 11.2 Å². The van der Waals surface area contributed by atoms with Crippen LogP contribution in [0.4, 0.5) is 5.69 Å². The third-order valence-electron chi connectivity index (χ3n) is 5.54. The summed E-state index contributed by atoms with van der Waals surface area (Å²) in [5, 5.41) is 6.86. The number of nitrogens with one attached hydrogen (secondary N) is 2. The molecule has 0 aliphatic heterocycles. The minimum Gasteiger partial charge on any atom is -0.345 e. The van der Waals surface area contributed by atoms with E-state index in [0.29, 0.717) is 11.3 Å². The molecule has 34 heavy (non-hydrogen) atoms. The van der Waals surface area contributed by atoms with E-state index >= 15 is 0 Å². The van der Waals surface area contributed by atoms with Crippen LogP contribution < -0.4 is 10.6 Å². The number of rotatable bonds is 7. The third kappa shape index (κ3) is 5.58. The SMILES string of the molecule is Cc1ccc(-c2nc(C)sc2CC(=O)Nc2ccccc2C(=O)N[C@@H](C)c2ccccc2)cc1. The number of carbonyl (C=O) groups is 2. The molecule has 0 spiro atoms. The fraction of sp³-hybridized carbons (Fsp3) is 0.179. The van der Waals surface area contributed by atoms with Crippen molar-refractivity contribution >= 4 is 28.8 Å². The lowest BCUT2D eigenvalue weighted by Gasteiger charge is -2.16. The lowest BCUT2D eigenvalue weighted by Crippen LogP contribution is -2.28. The van der Waals surface area contributed by atoms with Crippen molar-refractivity contribution in [2.45, 2.75) is 33.2 Å². The summed E-state index contributed by atoms with van der Waals surface area (Å²) in [7, 11) is 0. The van der Waals surface area contributed by atoms with Crippen molar-refractivity contribution in [2.75, 3.05) is 5.32 Å². The number of carbonyl (C=O) groups excluding carboxylic acids is 2. The molecule has 0 saturated heterocycles. The summed E-state index contributed by atoms with van der Waals surface area (Å²) in [6, 6.07) is 24.8. The summed E-state index contributed by atoms with van der Waals surface area (Å²) in [5.74, 6) is -0.422. The Morgan fingerprint density at radius 3 is 2.32 bits per heavy atom. The molecular weight excluding hydrogens is 442 g/mol. The van der Waals surface area contributed by atoms with Crippen LogP contribution >= 0.6 is 11.3 Å². The Bertz CT molecular complexity index is 1300. The Morgan fingerprint density at radius 1 is 0.912 bits per heavy atom. The third-order valence-corrected chi connectivity index (χ3v) is 6.51. The normalized spacial score (nSPS) is 11.6. The van der Waals surface area contributed by atoms with Gasteiger partial charge in [0.25, 0.3) is 5.91 Å². The zero-order valence-corrected chi connectivity index (χ0v) is 20.3. The Hall–Kier alpha value is -3.77. The van der Waals surface area contributed by atoms with Crippen LogP contribution in [0.3, 0.4) is 0 Å². The number of hydrogen-bond acceptors (Lipinski definition) is 4. The quantitative estimate of drug-likeness (QED) is 0.344. The first kappa shape index (κ1) is 23.4. The van der Waals surface area contributed by atoms with Gasteiger partial charge in [-0.15, -0.1) is 11.3 Å². The second-order valence-corrected chi connectivity index (χ2v) is 9.53. The van der Waals surface area contributed by atoms with E-state index in [2.05, 4.69) is 15.6 Å². The van der Waals surface area contributed by atoms with Gasteiger partial charge in [-0.05, 0) is 38.5 Å². The molecule has 5 nitrogen and oxygen atoms in total. The smallest absolute Gasteiger partial charge is 0.253 e. The first-order valence-corrected chi connectivity index (χ1v) is 12.0. The van der Waals surface area contributed by atoms with Crippen molar-refractivity contribution in [1.29, 1.82) is 0 Å². The summed E-state index contributed by atoms with van der Waals surface area (Å²) in [6.45, 7) is 5.92. The number of benzene rings is 3. The molecule has 0 saturated carbocycles. The molecule has 0 radical (unpaired) electrons. The highest BCUT2D eigenvalue weighted by molar-refractivity contribution is 7.12. The van der Waals surface area contributed by atoms with E-state index in [1.165, 1.54) is 16.9 Å². The van der Waals surface area contributed by atoms with Crippen LogP contribution in [0.2, 0.25) is 0 Å². The molecule has 0 fully saturated rings. The van der Waals surface area contributed by atoms with Gasteiger partial charge in [-0.3, -0.25) is 9.59 Å². The maximum Gasteiger partial charge on any atom is 0.253 e. The fourth-order valence-corrected chi connectivity index (χ4v) is 4.71. The molecule has 1 heterocycles. The van der Waals surface area contributed by atoms with E-state index in [1.807, 2.05) is 81.4 Å². The van der Waals surface area contributed by atoms with E-state index in [1.54, 1.807) is 18.2 Å². The van der Waals surface area contributed by atoms with Crippen molar-refractivity contribution in [3.63, 3.8) is 0 Å². The highest BCUT2D eigenvalue weighted by Gasteiger charge is 2.18. The van der Waals surface area contributed by atoms with Crippen LogP contribution in [0.1, 0.15) is 44.3 Å². The van der Waals surface area contributed by atoms with E-state index in [4.69, 9.17) is 0 Å². The molecule has 4 aromatic rings. The van der Waals surface area contributed by atoms with Crippen molar-refractivity contribution < 1.29 is 9.59 Å². The van der Waals surface area contributed by atoms with E-state index in [9.17, 15) is 9.59 Å². The Labute approximate surface area is 203 Å². The standard InChI is InChI=1S/C28H27N3O2S/c1-18-13-15-22(16-14-18)27-25(34-20(3)30-27)17-26(32)31-24-12-8-7-11-23(24)28(33)29-19(2)21-9-5-4-6-10-21/h4-16,19H,17H2,1-3H3,(H,29,33)(H,31,32)/t19-/m0/s1. The lowest BCUT2D eigenvalue weighted by molar-refractivity contribution is -0.115. The topological polar surface area (TPSA) is 71.1 Å². The predicted octanol–water partition coefficient (Wildman–Crippen LogP) is 6.10. The average Bonchev–Trinajstić information content (AvgIpc) is 3.20. The monoisotopic (exact) mass is 469 g/mol. The fourth-order valence-electron chi connectivity index (χ4n) is 3.76.